The van der Waals surface area contributed by atoms with E-state index >= 15 is 0 Å². The van der Waals surface area contributed by atoms with E-state index in [9.17, 15) is 0 Å². The molecule has 2 nitrogen and oxygen atoms in total. The van der Waals surface area contributed by atoms with Gasteiger partial charge < -0.3 is 5.32 Å². The van der Waals surface area contributed by atoms with Crippen molar-refractivity contribution in [2.45, 2.75) is 26.3 Å². The van der Waals surface area contributed by atoms with E-state index in [1.807, 2.05) is 31.3 Å². The van der Waals surface area contributed by atoms with E-state index in [1.165, 1.54) is 4.88 Å². The number of thiazole rings is 1. The number of hydrogen-bond donors (Lipinski definition) is 1. The highest BCUT2D eigenvalue weighted by molar-refractivity contribution is 7.11. The van der Waals surface area contributed by atoms with Crippen LogP contribution in [-0.2, 0) is 6.42 Å². The molecule has 2 rings (SSSR count). The minimum atomic E-state index is 0.202. The maximum Gasteiger partial charge on any atom is 0.0897 e. The smallest absolute Gasteiger partial charge is 0.0897 e. The molecule has 1 unspecified atom stereocenters. The van der Waals surface area contributed by atoms with Crippen LogP contribution in [0.1, 0.15) is 28.4 Å². The number of aromatic nitrogens is 1. The molecular weight excluding hydrogens is 299 g/mol. The monoisotopic (exact) mass is 314 g/mol. The Morgan fingerprint density at radius 2 is 2.00 bits per heavy atom. The molecule has 0 radical (unpaired) electrons. The van der Waals surface area contributed by atoms with Gasteiger partial charge in [0.05, 0.1) is 5.01 Å². The van der Waals surface area contributed by atoms with E-state index in [2.05, 4.69) is 17.2 Å². The molecule has 0 saturated heterocycles. The fourth-order valence-electron chi connectivity index (χ4n) is 1.99. The molecule has 5 heteroatoms. The van der Waals surface area contributed by atoms with Gasteiger partial charge in [-0.15, -0.1) is 11.3 Å². The summed E-state index contributed by atoms with van der Waals surface area (Å²) >= 11 is 14.2. The average molecular weight is 315 g/mol. The van der Waals surface area contributed by atoms with Gasteiger partial charge in [-0.1, -0.05) is 36.2 Å². The molecule has 0 amide bonds. The Morgan fingerprint density at radius 1 is 1.32 bits per heavy atom. The number of hydrogen-bond acceptors (Lipinski definition) is 3. The Hall–Kier alpha value is -0.610. The zero-order chi connectivity index (χ0) is 13.8. The molecule has 2 aromatic rings. The fourth-order valence-corrected chi connectivity index (χ4v) is 3.40. The summed E-state index contributed by atoms with van der Waals surface area (Å²) in [6, 6.07) is 5.83. The van der Waals surface area contributed by atoms with Crippen molar-refractivity contribution in [2.24, 2.45) is 0 Å². The number of nitrogens with zero attached hydrogens (tertiary/aromatic N) is 1. The van der Waals surface area contributed by atoms with Gasteiger partial charge in [0.15, 0.2) is 0 Å². The van der Waals surface area contributed by atoms with Crippen LogP contribution in [0.3, 0.4) is 0 Å². The molecule has 0 aliphatic carbocycles. The first-order chi connectivity index (χ1) is 9.11. The number of rotatable bonds is 5. The first-order valence-electron chi connectivity index (χ1n) is 6.20. The van der Waals surface area contributed by atoms with Crippen molar-refractivity contribution in [3.8, 4) is 0 Å². The van der Waals surface area contributed by atoms with Crippen molar-refractivity contribution in [3.05, 3.63) is 49.9 Å². The first kappa shape index (κ1) is 14.8. The van der Waals surface area contributed by atoms with Crippen molar-refractivity contribution in [1.82, 2.24) is 10.3 Å². The highest BCUT2D eigenvalue weighted by Gasteiger charge is 2.17. The number of benzene rings is 1. The van der Waals surface area contributed by atoms with Gasteiger partial charge in [-0.25, -0.2) is 4.98 Å². The topological polar surface area (TPSA) is 24.9 Å². The molecule has 0 aliphatic heterocycles. The summed E-state index contributed by atoms with van der Waals surface area (Å²) in [5.41, 5.74) is 0.989. The lowest BCUT2D eigenvalue weighted by Gasteiger charge is -2.17. The molecule has 0 saturated carbocycles. The zero-order valence-electron chi connectivity index (χ0n) is 10.9. The highest BCUT2D eigenvalue weighted by atomic mass is 35.5. The van der Waals surface area contributed by atoms with Crippen LogP contribution in [0.25, 0.3) is 0 Å². The van der Waals surface area contributed by atoms with E-state index in [-0.39, 0.29) is 6.04 Å². The third-order valence-corrected chi connectivity index (χ3v) is 4.64. The van der Waals surface area contributed by atoms with Crippen molar-refractivity contribution >= 4 is 34.5 Å². The molecule has 0 bridgehead atoms. The predicted molar refractivity (Wildman–Crippen MR) is 83.4 cm³/mol. The second-order valence-corrected chi connectivity index (χ2v) is 6.38. The summed E-state index contributed by atoms with van der Waals surface area (Å²) in [6.45, 7) is 5.00. The van der Waals surface area contributed by atoms with Gasteiger partial charge in [0.1, 0.15) is 0 Å². The summed E-state index contributed by atoms with van der Waals surface area (Å²) in [5, 5.41) is 5.98. The van der Waals surface area contributed by atoms with Gasteiger partial charge in [-0.3, -0.25) is 0 Å². The van der Waals surface area contributed by atoms with Crippen LogP contribution < -0.4 is 5.32 Å². The molecule has 0 fully saturated rings. The third kappa shape index (κ3) is 3.69. The lowest BCUT2D eigenvalue weighted by Crippen LogP contribution is -2.22. The standard InChI is InChI=1S/C14H16Cl2N2S/c1-3-17-13(14-8-18-9(2)19-14)7-10-11(15)5-4-6-12(10)16/h4-6,8,13,17H,3,7H2,1-2H3. The van der Waals surface area contributed by atoms with Crippen LogP contribution in [0.5, 0.6) is 0 Å². The molecule has 1 aromatic heterocycles. The van der Waals surface area contributed by atoms with Gasteiger partial charge in [0.2, 0.25) is 0 Å². The lowest BCUT2D eigenvalue weighted by atomic mass is 10.0. The quantitative estimate of drug-likeness (QED) is 0.868. The van der Waals surface area contributed by atoms with E-state index in [1.54, 1.807) is 11.3 Å². The van der Waals surface area contributed by atoms with E-state index in [0.717, 1.165) is 33.6 Å². The molecular formula is C14H16Cl2N2S. The Balaban J connectivity index is 2.26. The van der Waals surface area contributed by atoms with Crippen molar-refractivity contribution in [3.63, 3.8) is 0 Å². The predicted octanol–water partition coefficient (Wildman–Crippen LogP) is 4.65. The average Bonchev–Trinajstić information content (AvgIpc) is 2.79. The van der Waals surface area contributed by atoms with Crippen LogP contribution in [0, 0.1) is 6.92 Å². The molecule has 0 spiro atoms. The summed E-state index contributed by atoms with van der Waals surface area (Å²) < 4.78 is 0. The number of halogens is 2. The van der Waals surface area contributed by atoms with Crippen molar-refractivity contribution < 1.29 is 0 Å². The Labute approximate surface area is 127 Å². The maximum atomic E-state index is 6.24. The molecule has 102 valence electrons. The maximum absolute atomic E-state index is 6.24. The normalized spacial score (nSPS) is 12.6. The summed E-state index contributed by atoms with van der Waals surface area (Å²) in [7, 11) is 0. The van der Waals surface area contributed by atoms with Gasteiger partial charge in [0, 0.05) is 27.2 Å². The Morgan fingerprint density at radius 3 is 2.53 bits per heavy atom. The van der Waals surface area contributed by atoms with Crippen LogP contribution in [0.15, 0.2) is 24.4 Å². The van der Waals surface area contributed by atoms with Crippen LogP contribution in [-0.4, -0.2) is 11.5 Å². The Kier molecular flexibility index (Phi) is 5.22. The number of aryl methyl sites for hydroxylation is 1. The lowest BCUT2D eigenvalue weighted by molar-refractivity contribution is 0.557. The molecule has 1 aromatic carbocycles. The number of nitrogens with one attached hydrogen (secondary N) is 1. The molecule has 19 heavy (non-hydrogen) atoms. The third-order valence-electron chi connectivity index (χ3n) is 2.90. The SMILES string of the molecule is CCNC(Cc1c(Cl)cccc1Cl)c1cnc(C)s1. The van der Waals surface area contributed by atoms with Gasteiger partial charge in [0.25, 0.3) is 0 Å². The van der Waals surface area contributed by atoms with E-state index in [4.69, 9.17) is 23.2 Å². The van der Waals surface area contributed by atoms with Crippen LogP contribution >= 0.6 is 34.5 Å². The molecule has 1 N–H and O–H groups in total. The van der Waals surface area contributed by atoms with E-state index in [0.29, 0.717) is 0 Å². The van der Waals surface area contributed by atoms with Crippen molar-refractivity contribution in [1.29, 1.82) is 0 Å². The summed E-state index contributed by atoms with van der Waals surface area (Å²) in [6.07, 6.45) is 2.70. The highest BCUT2D eigenvalue weighted by Crippen LogP contribution is 2.31. The number of likely N-dealkylation sites (N-methyl/N-ethyl adjacent to an activating group) is 1. The minimum Gasteiger partial charge on any atom is -0.309 e. The molecule has 1 atom stereocenters. The van der Waals surface area contributed by atoms with Gasteiger partial charge in [-0.05, 0) is 37.6 Å². The molecule has 1 heterocycles. The second kappa shape index (κ2) is 6.71. The fraction of sp³-hybridized carbons (Fsp3) is 0.357. The zero-order valence-corrected chi connectivity index (χ0v) is 13.2. The summed E-state index contributed by atoms with van der Waals surface area (Å²) in [4.78, 5) is 5.54. The largest absolute Gasteiger partial charge is 0.309 e. The minimum absolute atomic E-state index is 0.202. The molecule has 0 aliphatic rings. The van der Waals surface area contributed by atoms with Gasteiger partial charge in [-0.2, -0.15) is 0 Å². The second-order valence-electron chi connectivity index (χ2n) is 4.30. The van der Waals surface area contributed by atoms with Crippen LogP contribution in [0.4, 0.5) is 0 Å². The first-order valence-corrected chi connectivity index (χ1v) is 7.77. The van der Waals surface area contributed by atoms with Crippen LogP contribution in [0.2, 0.25) is 10.0 Å². The Bertz CT molecular complexity index is 534. The summed E-state index contributed by atoms with van der Waals surface area (Å²) in [5.74, 6) is 0. The van der Waals surface area contributed by atoms with Gasteiger partial charge >= 0.3 is 0 Å². The van der Waals surface area contributed by atoms with E-state index < -0.39 is 0 Å². The van der Waals surface area contributed by atoms with Crippen molar-refractivity contribution in [2.75, 3.05) is 6.54 Å².